The molecule has 3 amide bonds. The third-order valence-corrected chi connectivity index (χ3v) is 2.18. The molecule has 0 aromatic rings. The van der Waals surface area contributed by atoms with Crippen LogP contribution in [-0.4, -0.2) is 30.6 Å². The van der Waals surface area contributed by atoms with Crippen molar-refractivity contribution in [1.29, 1.82) is 0 Å². The van der Waals surface area contributed by atoms with E-state index in [1.165, 1.54) is 0 Å². The molecule has 2 fully saturated rings. The highest BCUT2D eigenvalue weighted by molar-refractivity contribution is 6.06. The van der Waals surface area contributed by atoms with Crippen LogP contribution in [0.25, 0.3) is 0 Å². The molecule has 0 spiro atoms. The van der Waals surface area contributed by atoms with E-state index in [4.69, 9.17) is 4.74 Å². The second-order valence-electron chi connectivity index (χ2n) is 3.00. The zero-order valence-electron chi connectivity index (χ0n) is 6.70. The van der Waals surface area contributed by atoms with Crippen LogP contribution < -0.4 is 10.6 Å². The fraction of sp³-hybridized carbons (Fsp3) is 0.571. The lowest BCUT2D eigenvalue weighted by Crippen LogP contribution is -2.39. The smallest absolute Gasteiger partial charge is 0.322 e. The van der Waals surface area contributed by atoms with Gasteiger partial charge in [-0.1, -0.05) is 0 Å². The quantitative estimate of drug-likeness (QED) is 0.394. The van der Waals surface area contributed by atoms with E-state index in [0.29, 0.717) is 13.0 Å². The number of rotatable bonds is 1. The number of imide groups is 1. The summed E-state index contributed by atoms with van der Waals surface area (Å²) in [5, 5.41) is 4.44. The van der Waals surface area contributed by atoms with Gasteiger partial charge in [0.15, 0.2) is 0 Å². The second kappa shape index (κ2) is 2.72. The zero-order chi connectivity index (χ0) is 9.42. The fourth-order valence-electron chi connectivity index (χ4n) is 1.53. The Bertz CT molecular complexity index is 288. The van der Waals surface area contributed by atoms with E-state index in [0.717, 1.165) is 0 Å². The molecule has 0 aliphatic carbocycles. The first-order valence-electron chi connectivity index (χ1n) is 3.96. The second-order valence-corrected chi connectivity index (χ2v) is 3.00. The van der Waals surface area contributed by atoms with Crippen LogP contribution in [-0.2, 0) is 14.3 Å². The van der Waals surface area contributed by atoms with Gasteiger partial charge in [0.25, 0.3) is 5.91 Å². The monoisotopic (exact) mass is 184 g/mol. The van der Waals surface area contributed by atoms with Crippen LogP contribution in [0.4, 0.5) is 4.79 Å². The van der Waals surface area contributed by atoms with Gasteiger partial charge < -0.3 is 10.1 Å². The summed E-state index contributed by atoms with van der Waals surface area (Å²) in [5.41, 5.74) is 0. The Morgan fingerprint density at radius 3 is 2.54 bits per heavy atom. The molecule has 70 valence electrons. The summed E-state index contributed by atoms with van der Waals surface area (Å²) in [6.07, 6.45) is 0.483. The molecule has 2 rings (SSSR count). The average molecular weight is 184 g/mol. The first-order valence-corrected chi connectivity index (χ1v) is 3.96. The third-order valence-electron chi connectivity index (χ3n) is 2.18. The standard InChI is InChI=1S/C7H8N2O4/c10-5-4(8-7(12)9-5)3-1-2-13-6(3)11/h3-4H,1-2H2,(H2,8,9,10,12)/t3-,4-/m0/s1. The minimum absolute atomic E-state index is 0.323. The zero-order valence-corrected chi connectivity index (χ0v) is 6.70. The summed E-state index contributed by atoms with van der Waals surface area (Å²) < 4.78 is 4.69. The molecule has 2 saturated heterocycles. The number of nitrogens with one attached hydrogen (secondary N) is 2. The molecule has 0 bridgehead atoms. The first kappa shape index (κ1) is 8.03. The molecular weight excluding hydrogens is 176 g/mol. The van der Waals surface area contributed by atoms with Gasteiger partial charge in [-0.25, -0.2) is 4.79 Å². The van der Waals surface area contributed by atoms with Crippen LogP contribution in [0.15, 0.2) is 0 Å². The van der Waals surface area contributed by atoms with Gasteiger partial charge in [0.05, 0.1) is 12.5 Å². The van der Waals surface area contributed by atoms with Crippen LogP contribution in [0, 0.1) is 5.92 Å². The number of carbonyl (C=O) groups is 3. The van der Waals surface area contributed by atoms with Gasteiger partial charge in [0, 0.05) is 0 Å². The Labute approximate surface area is 73.6 Å². The van der Waals surface area contributed by atoms with Crippen molar-refractivity contribution in [3.05, 3.63) is 0 Å². The number of cyclic esters (lactones) is 1. The normalized spacial score (nSPS) is 32.8. The van der Waals surface area contributed by atoms with Gasteiger partial charge in [-0.2, -0.15) is 0 Å². The highest BCUT2D eigenvalue weighted by Gasteiger charge is 2.43. The molecular formula is C7H8N2O4. The molecule has 2 aliphatic rings. The highest BCUT2D eigenvalue weighted by atomic mass is 16.5. The van der Waals surface area contributed by atoms with Gasteiger partial charge in [-0.3, -0.25) is 14.9 Å². The maximum Gasteiger partial charge on any atom is 0.322 e. The number of ether oxygens (including phenoxy) is 1. The van der Waals surface area contributed by atoms with Crippen molar-refractivity contribution in [2.24, 2.45) is 5.92 Å². The number of hydrogen-bond donors (Lipinski definition) is 2. The highest BCUT2D eigenvalue weighted by Crippen LogP contribution is 2.20. The average Bonchev–Trinajstić information content (AvgIpc) is 2.58. The molecule has 0 aromatic heterocycles. The van der Waals surface area contributed by atoms with Crippen LogP contribution in [0.1, 0.15) is 6.42 Å². The molecule has 2 N–H and O–H groups in total. The SMILES string of the molecule is O=C1NC(=O)[C@H]([C@@H]2CCOC2=O)N1. The summed E-state index contributed by atoms with van der Waals surface area (Å²) in [7, 11) is 0. The molecule has 0 radical (unpaired) electrons. The number of amides is 3. The predicted molar refractivity (Wildman–Crippen MR) is 39.5 cm³/mol. The Kier molecular flexibility index (Phi) is 1.68. The third kappa shape index (κ3) is 1.24. The lowest BCUT2D eigenvalue weighted by atomic mass is 9.99. The van der Waals surface area contributed by atoms with Gasteiger partial charge in [-0.15, -0.1) is 0 Å². The lowest BCUT2D eigenvalue weighted by molar-refractivity contribution is -0.143. The maximum atomic E-state index is 11.1. The molecule has 0 unspecified atom stereocenters. The predicted octanol–water partition coefficient (Wildman–Crippen LogP) is -1.24. The van der Waals surface area contributed by atoms with Gasteiger partial charge in [0.1, 0.15) is 6.04 Å². The van der Waals surface area contributed by atoms with E-state index in [1.54, 1.807) is 0 Å². The molecule has 6 heteroatoms. The molecule has 0 aromatic carbocycles. The van der Waals surface area contributed by atoms with E-state index in [2.05, 4.69) is 10.6 Å². The number of urea groups is 1. The first-order chi connectivity index (χ1) is 6.18. The van der Waals surface area contributed by atoms with Crippen molar-refractivity contribution < 1.29 is 19.1 Å². The number of hydrogen-bond acceptors (Lipinski definition) is 4. The van der Waals surface area contributed by atoms with Crippen molar-refractivity contribution >= 4 is 17.9 Å². The summed E-state index contributed by atoms with van der Waals surface area (Å²) in [6, 6.07) is -1.29. The minimum Gasteiger partial charge on any atom is -0.465 e. The minimum atomic E-state index is -0.748. The van der Waals surface area contributed by atoms with Crippen LogP contribution in [0.3, 0.4) is 0 Å². The number of carbonyl (C=O) groups excluding carboxylic acids is 3. The molecule has 0 saturated carbocycles. The summed E-state index contributed by atoms with van der Waals surface area (Å²) in [5.74, 6) is -1.39. The van der Waals surface area contributed by atoms with Gasteiger partial charge in [0.2, 0.25) is 0 Å². The topological polar surface area (TPSA) is 84.5 Å². The van der Waals surface area contributed by atoms with Gasteiger partial charge >= 0.3 is 12.0 Å². The van der Waals surface area contributed by atoms with Crippen molar-refractivity contribution in [3.8, 4) is 0 Å². The van der Waals surface area contributed by atoms with E-state index >= 15 is 0 Å². The Morgan fingerprint density at radius 1 is 1.31 bits per heavy atom. The summed E-state index contributed by atoms with van der Waals surface area (Å²) in [4.78, 5) is 32.9. The van der Waals surface area contributed by atoms with Crippen molar-refractivity contribution in [2.75, 3.05) is 6.61 Å². The fourth-order valence-corrected chi connectivity index (χ4v) is 1.53. The van der Waals surface area contributed by atoms with Crippen molar-refractivity contribution in [3.63, 3.8) is 0 Å². The van der Waals surface area contributed by atoms with Crippen LogP contribution in [0.5, 0.6) is 0 Å². The van der Waals surface area contributed by atoms with Crippen LogP contribution >= 0.6 is 0 Å². The van der Waals surface area contributed by atoms with E-state index in [-0.39, 0.29) is 0 Å². The molecule has 2 atom stereocenters. The molecule has 13 heavy (non-hydrogen) atoms. The number of esters is 1. The largest absolute Gasteiger partial charge is 0.465 e. The van der Waals surface area contributed by atoms with Crippen LogP contribution in [0.2, 0.25) is 0 Å². The lowest BCUT2D eigenvalue weighted by Gasteiger charge is -2.10. The van der Waals surface area contributed by atoms with Gasteiger partial charge in [-0.05, 0) is 6.42 Å². The summed E-state index contributed by atoms with van der Waals surface area (Å²) >= 11 is 0. The van der Waals surface area contributed by atoms with E-state index in [9.17, 15) is 14.4 Å². The Balaban J connectivity index is 2.12. The Morgan fingerprint density at radius 2 is 2.08 bits per heavy atom. The molecule has 2 aliphatic heterocycles. The molecule has 6 nitrogen and oxygen atoms in total. The Hall–Kier alpha value is -1.59. The van der Waals surface area contributed by atoms with E-state index < -0.39 is 29.9 Å². The van der Waals surface area contributed by atoms with E-state index in [1.807, 2.05) is 0 Å². The molecule has 2 heterocycles. The van der Waals surface area contributed by atoms with Crippen molar-refractivity contribution in [1.82, 2.24) is 10.6 Å². The van der Waals surface area contributed by atoms with Crippen molar-refractivity contribution in [2.45, 2.75) is 12.5 Å². The summed E-state index contributed by atoms with van der Waals surface area (Å²) in [6.45, 7) is 0.323. The maximum absolute atomic E-state index is 11.1.